The second-order valence-electron chi connectivity index (χ2n) is 4.44. The summed E-state index contributed by atoms with van der Waals surface area (Å²) in [6, 6.07) is 5.88. The first-order valence-electron chi connectivity index (χ1n) is 6.36. The summed E-state index contributed by atoms with van der Waals surface area (Å²) in [7, 11) is 3.34. The van der Waals surface area contributed by atoms with Crippen LogP contribution in [0.3, 0.4) is 0 Å². The average Bonchev–Trinajstić information content (AvgIpc) is 2.92. The van der Waals surface area contributed by atoms with E-state index in [9.17, 15) is 0 Å². The number of rotatable bonds is 6. The minimum Gasteiger partial charge on any atom is -0.497 e. The molecule has 0 radical (unpaired) electrons. The maximum absolute atomic E-state index is 5.57. The lowest BCUT2D eigenvalue weighted by molar-refractivity contribution is 0.110. The molecule has 100 valence electrons. The van der Waals surface area contributed by atoms with Gasteiger partial charge in [-0.1, -0.05) is 6.07 Å². The maximum Gasteiger partial charge on any atom is 0.127 e. The molecular formula is C14H21NO3. The van der Waals surface area contributed by atoms with E-state index in [1.54, 1.807) is 14.2 Å². The van der Waals surface area contributed by atoms with Crippen LogP contribution < -0.4 is 14.8 Å². The number of nitrogens with one attached hydrogen (secondary N) is 1. The van der Waals surface area contributed by atoms with Crippen molar-refractivity contribution in [2.24, 2.45) is 0 Å². The molecule has 0 amide bonds. The molecule has 0 aliphatic carbocycles. The van der Waals surface area contributed by atoms with Crippen LogP contribution in [0.15, 0.2) is 18.2 Å². The average molecular weight is 251 g/mol. The molecule has 0 spiro atoms. The molecule has 2 rings (SSSR count). The van der Waals surface area contributed by atoms with Crippen LogP contribution in [-0.4, -0.2) is 33.5 Å². The van der Waals surface area contributed by atoms with Crippen molar-refractivity contribution in [1.82, 2.24) is 5.32 Å². The zero-order valence-electron chi connectivity index (χ0n) is 11.1. The standard InChI is InChI=1S/C14H21NO3/c1-16-12-6-5-11(14(8-12)17-2)9-15-10-13-4-3-7-18-13/h5-6,8,13,15H,3-4,7,9-10H2,1-2H3. The second-order valence-corrected chi connectivity index (χ2v) is 4.44. The highest BCUT2D eigenvalue weighted by molar-refractivity contribution is 5.40. The van der Waals surface area contributed by atoms with Gasteiger partial charge in [0.05, 0.1) is 20.3 Å². The van der Waals surface area contributed by atoms with Crippen LogP contribution in [0.2, 0.25) is 0 Å². The van der Waals surface area contributed by atoms with Gasteiger partial charge in [0, 0.05) is 31.3 Å². The van der Waals surface area contributed by atoms with E-state index in [-0.39, 0.29) is 0 Å². The topological polar surface area (TPSA) is 39.7 Å². The summed E-state index contributed by atoms with van der Waals surface area (Å²) in [6.45, 7) is 2.58. The third-order valence-electron chi connectivity index (χ3n) is 3.21. The highest BCUT2D eigenvalue weighted by atomic mass is 16.5. The molecule has 0 saturated carbocycles. The Morgan fingerprint density at radius 1 is 1.33 bits per heavy atom. The van der Waals surface area contributed by atoms with Crippen LogP contribution in [0.25, 0.3) is 0 Å². The maximum atomic E-state index is 5.57. The highest BCUT2D eigenvalue weighted by Crippen LogP contribution is 2.24. The Labute approximate surface area is 108 Å². The summed E-state index contributed by atoms with van der Waals surface area (Å²) in [6.07, 6.45) is 2.71. The van der Waals surface area contributed by atoms with Gasteiger partial charge in [-0.25, -0.2) is 0 Å². The molecule has 1 heterocycles. The largest absolute Gasteiger partial charge is 0.497 e. The lowest BCUT2D eigenvalue weighted by atomic mass is 10.2. The molecule has 1 aliphatic heterocycles. The van der Waals surface area contributed by atoms with Gasteiger partial charge in [-0.3, -0.25) is 0 Å². The smallest absolute Gasteiger partial charge is 0.127 e. The van der Waals surface area contributed by atoms with Gasteiger partial charge in [-0.2, -0.15) is 0 Å². The summed E-state index contributed by atoms with van der Waals surface area (Å²) < 4.78 is 16.1. The van der Waals surface area contributed by atoms with Gasteiger partial charge in [-0.05, 0) is 18.9 Å². The van der Waals surface area contributed by atoms with E-state index in [0.717, 1.165) is 43.2 Å². The predicted octanol–water partition coefficient (Wildman–Crippen LogP) is 1.97. The molecule has 0 bridgehead atoms. The lowest BCUT2D eigenvalue weighted by Gasteiger charge is -2.13. The normalized spacial score (nSPS) is 18.9. The molecule has 1 atom stereocenters. The van der Waals surface area contributed by atoms with Gasteiger partial charge >= 0.3 is 0 Å². The van der Waals surface area contributed by atoms with Crippen molar-refractivity contribution >= 4 is 0 Å². The highest BCUT2D eigenvalue weighted by Gasteiger charge is 2.14. The molecule has 4 heteroatoms. The zero-order chi connectivity index (χ0) is 12.8. The third-order valence-corrected chi connectivity index (χ3v) is 3.21. The SMILES string of the molecule is COc1ccc(CNCC2CCCO2)c(OC)c1. The van der Waals surface area contributed by atoms with Crippen molar-refractivity contribution < 1.29 is 14.2 Å². The second kappa shape index (κ2) is 6.61. The van der Waals surface area contributed by atoms with Crippen LogP contribution in [0.4, 0.5) is 0 Å². The number of methoxy groups -OCH3 is 2. The van der Waals surface area contributed by atoms with Crippen LogP contribution in [-0.2, 0) is 11.3 Å². The number of ether oxygens (including phenoxy) is 3. The Balaban J connectivity index is 1.87. The molecule has 1 saturated heterocycles. The van der Waals surface area contributed by atoms with Crippen LogP contribution in [0.5, 0.6) is 11.5 Å². The van der Waals surface area contributed by atoms with E-state index in [4.69, 9.17) is 14.2 Å². The number of hydrogen-bond donors (Lipinski definition) is 1. The van der Waals surface area contributed by atoms with E-state index >= 15 is 0 Å². The van der Waals surface area contributed by atoms with E-state index in [2.05, 4.69) is 5.32 Å². The van der Waals surface area contributed by atoms with E-state index < -0.39 is 0 Å². The molecule has 18 heavy (non-hydrogen) atoms. The van der Waals surface area contributed by atoms with Crippen molar-refractivity contribution in [2.45, 2.75) is 25.5 Å². The predicted molar refractivity (Wildman–Crippen MR) is 70.2 cm³/mol. The fourth-order valence-corrected chi connectivity index (χ4v) is 2.17. The Morgan fingerprint density at radius 3 is 2.89 bits per heavy atom. The molecule has 1 aliphatic rings. The number of hydrogen-bond acceptors (Lipinski definition) is 4. The fourth-order valence-electron chi connectivity index (χ4n) is 2.17. The molecule has 1 N–H and O–H groups in total. The minimum atomic E-state index is 0.370. The van der Waals surface area contributed by atoms with Gasteiger partial charge in [0.25, 0.3) is 0 Å². The van der Waals surface area contributed by atoms with Gasteiger partial charge in [0.2, 0.25) is 0 Å². The Bertz CT molecular complexity index is 375. The van der Waals surface area contributed by atoms with Crippen molar-refractivity contribution in [3.05, 3.63) is 23.8 Å². The van der Waals surface area contributed by atoms with E-state index in [1.165, 1.54) is 6.42 Å². The summed E-state index contributed by atoms with van der Waals surface area (Å²) in [4.78, 5) is 0. The monoisotopic (exact) mass is 251 g/mol. The van der Waals surface area contributed by atoms with Gasteiger partial charge in [0.1, 0.15) is 11.5 Å². The molecule has 1 aromatic carbocycles. The van der Waals surface area contributed by atoms with E-state index in [0.29, 0.717) is 6.10 Å². The third kappa shape index (κ3) is 3.37. The first kappa shape index (κ1) is 13.2. The number of benzene rings is 1. The summed E-state index contributed by atoms with van der Waals surface area (Å²) in [5, 5.41) is 3.41. The van der Waals surface area contributed by atoms with Crippen LogP contribution in [0.1, 0.15) is 18.4 Å². The first-order chi connectivity index (χ1) is 8.83. The van der Waals surface area contributed by atoms with Crippen molar-refractivity contribution in [3.8, 4) is 11.5 Å². The summed E-state index contributed by atoms with van der Waals surface area (Å²) >= 11 is 0. The van der Waals surface area contributed by atoms with Gasteiger partial charge in [-0.15, -0.1) is 0 Å². The van der Waals surface area contributed by atoms with Crippen molar-refractivity contribution in [1.29, 1.82) is 0 Å². The minimum absolute atomic E-state index is 0.370. The van der Waals surface area contributed by atoms with Crippen molar-refractivity contribution in [3.63, 3.8) is 0 Å². The quantitative estimate of drug-likeness (QED) is 0.839. The van der Waals surface area contributed by atoms with Crippen molar-refractivity contribution in [2.75, 3.05) is 27.4 Å². The lowest BCUT2D eigenvalue weighted by Crippen LogP contribution is -2.25. The van der Waals surface area contributed by atoms with E-state index in [1.807, 2.05) is 18.2 Å². The molecule has 1 unspecified atom stereocenters. The molecule has 0 aromatic heterocycles. The molecular weight excluding hydrogens is 230 g/mol. The Morgan fingerprint density at radius 2 is 2.22 bits per heavy atom. The first-order valence-corrected chi connectivity index (χ1v) is 6.36. The summed E-state index contributed by atoms with van der Waals surface area (Å²) in [5.41, 5.74) is 1.14. The van der Waals surface area contributed by atoms with Gasteiger partial charge in [0.15, 0.2) is 0 Å². The zero-order valence-corrected chi connectivity index (χ0v) is 11.1. The fraction of sp³-hybridized carbons (Fsp3) is 0.571. The molecule has 4 nitrogen and oxygen atoms in total. The Hall–Kier alpha value is -1.26. The van der Waals surface area contributed by atoms with Crippen LogP contribution in [0, 0.1) is 0 Å². The summed E-state index contributed by atoms with van der Waals surface area (Å²) in [5.74, 6) is 1.67. The van der Waals surface area contributed by atoms with Crippen LogP contribution >= 0.6 is 0 Å². The molecule has 1 aromatic rings. The Kier molecular flexibility index (Phi) is 4.84. The van der Waals surface area contributed by atoms with Gasteiger partial charge < -0.3 is 19.5 Å². The molecule has 1 fully saturated rings.